The summed E-state index contributed by atoms with van der Waals surface area (Å²) in [4.78, 5) is 56.7. The lowest BCUT2D eigenvalue weighted by Gasteiger charge is -2.44. The van der Waals surface area contributed by atoms with Crippen LogP contribution in [0.1, 0.15) is 67.4 Å². The highest BCUT2D eigenvalue weighted by molar-refractivity contribution is 6.23. The van der Waals surface area contributed by atoms with Crippen LogP contribution in [0.5, 0.6) is 0 Å². The molecule has 0 aliphatic rings. The summed E-state index contributed by atoms with van der Waals surface area (Å²) in [6.07, 6.45) is -0.948. The van der Waals surface area contributed by atoms with E-state index in [1.54, 1.807) is 32.7 Å². The predicted octanol–water partition coefficient (Wildman–Crippen LogP) is 2.36. The van der Waals surface area contributed by atoms with Crippen LogP contribution in [-0.4, -0.2) is 86.4 Å². The smallest absolute Gasteiger partial charge is 0.346 e. The first-order valence-corrected chi connectivity index (χ1v) is 12.6. The van der Waals surface area contributed by atoms with Crippen molar-refractivity contribution >= 4 is 23.4 Å². The van der Waals surface area contributed by atoms with Crippen molar-refractivity contribution in [3.8, 4) is 0 Å². The molecule has 37 heavy (non-hydrogen) atoms. The molecule has 1 rings (SSSR count). The van der Waals surface area contributed by atoms with Gasteiger partial charge in [0.1, 0.15) is 11.7 Å². The fourth-order valence-electron chi connectivity index (χ4n) is 4.25. The van der Waals surface area contributed by atoms with Crippen molar-refractivity contribution in [2.45, 2.75) is 97.2 Å². The molecule has 1 aromatic rings. The van der Waals surface area contributed by atoms with Crippen molar-refractivity contribution in [2.75, 3.05) is 14.1 Å². The van der Waals surface area contributed by atoms with Gasteiger partial charge in [-0.15, -0.1) is 0 Å². The molecule has 0 bridgehead atoms. The Hall–Kier alpha value is -2.62. The van der Waals surface area contributed by atoms with Crippen LogP contribution in [0.4, 0.5) is 0 Å². The van der Waals surface area contributed by atoms with Gasteiger partial charge in [-0.05, 0) is 60.1 Å². The molecule has 0 radical (unpaired) electrons. The number of ether oxygens (including phenoxy) is 1. The van der Waals surface area contributed by atoms with Crippen LogP contribution in [0.15, 0.2) is 30.3 Å². The Morgan fingerprint density at radius 3 is 1.92 bits per heavy atom. The van der Waals surface area contributed by atoms with Gasteiger partial charge < -0.3 is 19.8 Å². The monoisotopic (exact) mass is 520 g/mol. The Balaban J connectivity index is 3.68. The molecule has 0 fully saturated rings. The molecule has 0 saturated heterocycles. The summed E-state index contributed by atoms with van der Waals surface area (Å²) in [5.74, 6) is -4.28. The third-order valence-corrected chi connectivity index (χ3v) is 6.72. The first kappa shape index (κ1) is 32.4. The van der Waals surface area contributed by atoms with Crippen LogP contribution in [0.25, 0.3) is 0 Å². The molecular formula is C28H44N2O7. The van der Waals surface area contributed by atoms with Crippen molar-refractivity contribution in [1.29, 1.82) is 0 Å². The van der Waals surface area contributed by atoms with Gasteiger partial charge in [0, 0.05) is 13.6 Å². The summed E-state index contributed by atoms with van der Waals surface area (Å²) in [6, 6.07) is 8.60. The highest BCUT2D eigenvalue weighted by atomic mass is 16.6. The summed E-state index contributed by atoms with van der Waals surface area (Å²) in [5, 5.41) is 21.1. The lowest BCUT2D eigenvalue weighted by Crippen LogP contribution is -2.70. The third kappa shape index (κ3) is 7.46. The molecule has 0 heterocycles. The SMILES string of the molecule is CC[C@H](C)[C@@H](C(=O)[C@](C)(C(=O)[C@](C)(O)C(=O)OC(C)(C)C)N(C)C(=O)[C@@H](C)O)N(C)Cc1ccccc1. The van der Waals surface area contributed by atoms with Gasteiger partial charge in [-0.2, -0.15) is 0 Å². The van der Waals surface area contributed by atoms with E-state index in [2.05, 4.69) is 0 Å². The van der Waals surface area contributed by atoms with Crippen molar-refractivity contribution in [1.82, 2.24) is 9.80 Å². The molecule has 0 aromatic heterocycles. The van der Waals surface area contributed by atoms with Crippen LogP contribution < -0.4 is 0 Å². The van der Waals surface area contributed by atoms with Crippen LogP contribution in [0, 0.1) is 5.92 Å². The number of aliphatic hydroxyl groups excluding tert-OH is 1. The first-order valence-electron chi connectivity index (χ1n) is 12.6. The zero-order chi connectivity index (χ0) is 28.9. The number of carbonyl (C=O) groups excluding carboxylic acids is 4. The summed E-state index contributed by atoms with van der Waals surface area (Å²) in [5.41, 5.74) is -5.12. The van der Waals surface area contributed by atoms with Gasteiger partial charge >= 0.3 is 5.97 Å². The van der Waals surface area contributed by atoms with Gasteiger partial charge in [0.05, 0.1) is 6.04 Å². The fourth-order valence-corrected chi connectivity index (χ4v) is 4.25. The Labute approximate surface area is 220 Å². The number of Topliss-reactive ketones (excluding diaryl/α,β-unsaturated/α-hetero) is 2. The Morgan fingerprint density at radius 2 is 1.49 bits per heavy atom. The largest absolute Gasteiger partial charge is 0.457 e. The molecule has 0 saturated carbocycles. The van der Waals surface area contributed by atoms with Crippen LogP contribution in [-0.2, 0) is 30.5 Å². The number of rotatable bonds is 12. The van der Waals surface area contributed by atoms with E-state index in [9.17, 15) is 29.4 Å². The van der Waals surface area contributed by atoms with Crippen molar-refractivity contribution in [2.24, 2.45) is 5.92 Å². The minimum atomic E-state index is -2.75. The van der Waals surface area contributed by atoms with Gasteiger partial charge in [-0.25, -0.2) is 4.79 Å². The highest BCUT2D eigenvalue weighted by Gasteiger charge is 2.59. The van der Waals surface area contributed by atoms with Crippen LogP contribution in [0.2, 0.25) is 0 Å². The summed E-state index contributed by atoms with van der Waals surface area (Å²) >= 11 is 0. The third-order valence-electron chi connectivity index (χ3n) is 6.72. The number of likely N-dealkylation sites (N-methyl/N-ethyl adjacent to an activating group) is 2. The summed E-state index contributed by atoms with van der Waals surface area (Å²) in [7, 11) is 2.95. The first-order chi connectivity index (χ1) is 16.8. The second-order valence-electron chi connectivity index (χ2n) is 11.1. The van der Waals surface area contributed by atoms with Crippen LogP contribution >= 0.6 is 0 Å². The molecule has 9 heteroatoms. The van der Waals surface area contributed by atoms with Crippen molar-refractivity contribution in [3.05, 3.63) is 35.9 Å². The molecule has 2 N–H and O–H groups in total. The number of nitrogens with zero attached hydrogens (tertiary/aromatic N) is 2. The standard InChI is InChI=1S/C28H44N2O7/c1-11-18(2)21(29(9)17-20-15-13-12-14-16-20)22(32)27(7,30(10)23(33)19(3)31)24(34)28(8,36)25(35)37-26(4,5)6/h12-16,18-19,21,31,36H,11,17H2,1-10H3/t18-,19+,21-,27+,28-/m0/s1. The minimum absolute atomic E-state index is 0.255. The second kappa shape index (κ2) is 12.3. The zero-order valence-electron chi connectivity index (χ0n) is 23.9. The van der Waals surface area contributed by atoms with E-state index in [1.165, 1.54) is 20.9 Å². The molecule has 0 aliphatic heterocycles. The van der Waals surface area contributed by atoms with Gasteiger partial charge in [-0.1, -0.05) is 50.6 Å². The maximum atomic E-state index is 14.4. The minimum Gasteiger partial charge on any atom is -0.457 e. The topological polar surface area (TPSA) is 124 Å². The number of amides is 1. The van der Waals surface area contributed by atoms with E-state index >= 15 is 0 Å². The molecule has 1 amide bonds. The molecule has 1 aromatic carbocycles. The van der Waals surface area contributed by atoms with E-state index in [4.69, 9.17) is 4.74 Å². The average molecular weight is 521 g/mol. The van der Waals surface area contributed by atoms with Crippen LogP contribution in [0.3, 0.4) is 0 Å². The van der Waals surface area contributed by atoms with E-state index in [0.29, 0.717) is 13.0 Å². The lowest BCUT2D eigenvalue weighted by molar-refractivity contribution is -0.184. The molecule has 0 aliphatic carbocycles. The number of hydrogen-bond acceptors (Lipinski definition) is 8. The summed E-state index contributed by atoms with van der Waals surface area (Å²) < 4.78 is 5.26. The molecule has 9 nitrogen and oxygen atoms in total. The highest BCUT2D eigenvalue weighted by Crippen LogP contribution is 2.31. The molecule has 5 atom stereocenters. The van der Waals surface area contributed by atoms with Gasteiger partial charge in [0.2, 0.25) is 11.4 Å². The predicted molar refractivity (Wildman–Crippen MR) is 140 cm³/mol. The van der Waals surface area contributed by atoms with Gasteiger partial charge in [0.15, 0.2) is 11.3 Å². The number of ketones is 2. The molecule has 0 spiro atoms. The number of esters is 1. The Morgan fingerprint density at radius 1 is 0.973 bits per heavy atom. The van der Waals surface area contributed by atoms with Crippen molar-refractivity contribution in [3.63, 3.8) is 0 Å². The maximum absolute atomic E-state index is 14.4. The van der Waals surface area contributed by atoms with Crippen molar-refractivity contribution < 1.29 is 34.1 Å². The molecule has 208 valence electrons. The van der Waals surface area contributed by atoms with E-state index < -0.39 is 52.3 Å². The van der Waals surface area contributed by atoms with E-state index in [0.717, 1.165) is 17.4 Å². The quantitative estimate of drug-likeness (QED) is 0.318. The average Bonchev–Trinajstić information content (AvgIpc) is 2.81. The van der Waals surface area contributed by atoms with E-state index in [-0.39, 0.29) is 5.92 Å². The number of hydrogen-bond donors (Lipinski definition) is 2. The molecule has 0 unspecified atom stereocenters. The normalized spacial score (nSPS) is 17.6. The maximum Gasteiger partial charge on any atom is 0.346 e. The van der Waals surface area contributed by atoms with E-state index in [1.807, 2.05) is 44.2 Å². The Bertz CT molecular complexity index is 968. The number of benzene rings is 1. The summed E-state index contributed by atoms with van der Waals surface area (Å²) in [6.45, 7) is 12.3. The Kier molecular flexibility index (Phi) is 10.8. The van der Waals surface area contributed by atoms with Gasteiger partial charge in [-0.3, -0.25) is 19.3 Å². The second-order valence-corrected chi connectivity index (χ2v) is 11.1. The number of aliphatic hydroxyl groups is 2. The zero-order valence-corrected chi connectivity index (χ0v) is 23.9. The van der Waals surface area contributed by atoms with Gasteiger partial charge in [0.25, 0.3) is 5.91 Å². The lowest BCUT2D eigenvalue weighted by atomic mass is 9.75. The molecular weight excluding hydrogens is 476 g/mol. The fraction of sp³-hybridized carbons (Fsp3) is 0.643. The number of carbonyl (C=O) groups is 4.